The van der Waals surface area contributed by atoms with Gasteiger partial charge in [0.15, 0.2) is 0 Å². The minimum Gasteiger partial charge on any atom is -0.304 e. The summed E-state index contributed by atoms with van der Waals surface area (Å²) in [5.41, 5.74) is 3.97. The third-order valence-corrected chi connectivity index (χ3v) is 3.65. The van der Waals surface area contributed by atoms with Gasteiger partial charge < -0.3 is 5.32 Å². The standard InChI is InChI=1S/C16H23N3/c1-4-13-6-8-14(9-7-13)16(5-2)17-12-15-10-11-18-19(15)3/h6-11,16-17H,4-5,12H2,1-3H3. The zero-order valence-electron chi connectivity index (χ0n) is 12.1. The molecule has 1 aromatic carbocycles. The van der Waals surface area contributed by atoms with Crippen LogP contribution in [0.15, 0.2) is 36.5 Å². The van der Waals surface area contributed by atoms with Crippen LogP contribution in [0.3, 0.4) is 0 Å². The minimum atomic E-state index is 0.404. The molecule has 1 atom stereocenters. The van der Waals surface area contributed by atoms with Crippen LogP contribution in [0.4, 0.5) is 0 Å². The van der Waals surface area contributed by atoms with Crippen LogP contribution in [-0.2, 0) is 20.0 Å². The summed E-state index contributed by atoms with van der Waals surface area (Å²) in [5.74, 6) is 0. The lowest BCUT2D eigenvalue weighted by Crippen LogP contribution is -2.21. The lowest BCUT2D eigenvalue weighted by atomic mass is 10.0. The molecule has 0 amide bonds. The summed E-state index contributed by atoms with van der Waals surface area (Å²) in [6, 6.07) is 11.4. The normalized spacial score (nSPS) is 12.6. The van der Waals surface area contributed by atoms with E-state index >= 15 is 0 Å². The van der Waals surface area contributed by atoms with Crippen molar-refractivity contribution in [2.24, 2.45) is 7.05 Å². The van der Waals surface area contributed by atoms with Crippen molar-refractivity contribution in [3.8, 4) is 0 Å². The number of hydrogen-bond donors (Lipinski definition) is 1. The van der Waals surface area contributed by atoms with Crippen molar-refractivity contribution in [1.29, 1.82) is 0 Å². The molecule has 0 radical (unpaired) electrons. The van der Waals surface area contributed by atoms with Gasteiger partial charge in [0.25, 0.3) is 0 Å². The highest BCUT2D eigenvalue weighted by atomic mass is 15.3. The highest BCUT2D eigenvalue weighted by Gasteiger charge is 2.09. The second kappa shape index (κ2) is 6.53. The number of rotatable bonds is 6. The molecule has 0 bridgehead atoms. The minimum absolute atomic E-state index is 0.404. The maximum absolute atomic E-state index is 4.19. The zero-order chi connectivity index (χ0) is 13.7. The van der Waals surface area contributed by atoms with E-state index in [0.717, 1.165) is 19.4 Å². The van der Waals surface area contributed by atoms with Crippen molar-refractivity contribution in [3.05, 3.63) is 53.3 Å². The third-order valence-electron chi connectivity index (χ3n) is 3.65. The SMILES string of the molecule is CCc1ccc(C(CC)NCc2ccnn2C)cc1. The van der Waals surface area contributed by atoms with E-state index in [-0.39, 0.29) is 0 Å². The van der Waals surface area contributed by atoms with E-state index in [1.54, 1.807) is 0 Å². The van der Waals surface area contributed by atoms with Gasteiger partial charge in [0.2, 0.25) is 0 Å². The Balaban J connectivity index is 2.01. The summed E-state index contributed by atoms with van der Waals surface area (Å²) in [6.07, 6.45) is 4.02. The van der Waals surface area contributed by atoms with Crippen LogP contribution in [0.25, 0.3) is 0 Å². The predicted octanol–water partition coefficient (Wildman–Crippen LogP) is 3.22. The summed E-state index contributed by atoms with van der Waals surface area (Å²) < 4.78 is 1.92. The van der Waals surface area contributed by atoms with Crippen molar-refractivity contribution < 1.29 is 0 Å². The van der Waals surface area contributed by atoms with Gasteiger partial charge in [0.05, 0.1) is 5.69 Å². The van der Waals surface area contributed by atoms with E-state index in [9.17, 15) is 0 Å². The Morgan fingerprint density at radius 2 is 1.89 bits per heavy atom. The molecule has 1 unspecified atom stereocenters. The van der Waals surface area contributed by atoms with E-state index in [1.807, 2.05) is 17.9 Å². The van der Waals surface area contributed by atoms with E-state index in [1.165, 1.54) is 16.8 Å². The Morgan fingerprint density at radius 3 is 2.42 bits per heavy atom. The summed E-state index contributed by atoms with van der Waals surface area (Å²) in [6.45, 7) is 5.26. The Hall–Kier alpha value is -1.61. The molecule has 102 valence electrons. The van der Waals surface area contributed by atoms with Crippen molar-refractivity contribution in [1.82, 2.24) is 15.1 Å². The molecule has 0 aliphatic heterocycles. The lowest BCUT2D eigenvalue weighted by Gasteiger charge is -2.18. The molecule has 1 aromatic heterocycles. The Labute approximate surface area is 115 Å². The fraction of sp³-hybridized carbons (Fsp3) is 0.438. The summed E-state index contributed by atoms with van der Waals surface area (Å²) in [7, 11) is 1.98. The topological polar surface area (TPSA) is 29.9 Å². The molecular weight excluding hydrogens is 234 g/mol. The molecule has 0 fully saturated rings. The number of aryl methyl sites for hydroxylation is 2. The largest absolute Gasteiger partial charge is 0.304 e. The van der Waals surface area contributed by atoms with Crippen molar-refractivity contribution in [2.75, 3.05) is 0 Å². The van der Waals surface area contributed by atoms with Gasteiger partial charge in [-0.05, 0) is 30.0 Å². The maximum atomic E-state index is 4.19. The molecule has 1 heterocycles. The molecule has 0 aliphatic carbocycles. The summed E-state index contributed by atoms with van der Waals surface area (Å²) in [4.78, 5) is 0. The van der Waals surface area contributed by atoms with Crippen LogP contribution >= 0.6 is 0 Å². The molecule has 2 rings (SSSR count). The summed E-state index contributed by atoms with van der Waals surface area (Å²) in [5, 5.41) is 7.80. The van der Waals surface area contributed by atoms with Crippen LogP contribution in [0, 0.1) is 0 Å². The average molecular weight is 257 g/mol. The van der Waals surface area contributed by atoms with Gasteiger partial charge in [-0.25, -0.2) is 0 Å². The fourth-order valence-electron chi connectivity index (χ4n) is 2.29. The molecule has 0 saturated heterocycles. The first kappa shape index (κ1) is 13.8. The van der Waals surface area contributed by atoms with Crippen LogP contribution in [0.2, 0.25) is 0 Å². The van der Waals surface area contributed by atoms with Crippen molar-refractivity contribution in [2.45, 2.75) is 39.3 Å². The second-order valence-electron chi connectivity index (χ2n) is 4.88. The Morgan fingerprint density at radius 1 is 1.16 bits per heavy atom. The fourth-order valence-corrected chi connectivity index (χ4v) is 2.29. The van der Waals surface area contributed by atoms with Gasteiger partial charge in [-0.3, -0.25) is 4.68 Å². The number of nitrogens with zero attached hydrogens (tertiary/aromatic N) is 2. The van der Waals surface area contributed by atoms with E-state index in [0.29, 0.717) is 6.04 Å². The smallest absolute Gasteiger partial charge is 0.0518 e. The molecule has 19 heavy (non-hydrogen) atoms. The van der Waals surface area contributed by atoms with E-state index in [4.69, 9.17) is 0 Å². The van der Waals surface area contributed by atoms with Crippen molar-refractivity contribution in [3.63, 3.8) is 0 Å². The monoisotopic (exact) mass is 257 g/mol. The van der Waals surface area contributed by atoms with Crippen LogP contribution in [0.5, 0.6) is 0 Å². The van der Waals surface area contributed by atoms with Crippen molar-refractivity contribution >= 4 is 0 Å². The number of aromatic nitrogens is 2. The van der Waals surface area contributed by atoms with Crippen LogP contribution in [0.1, 0.15) is 43.1 Å². The molecule has 2 aromatic rings. The number of benzene rings is 1. The van der Waals surface area contributed by atoms with Crippen LogP contribution in [-0.4, -0.2) is 9.78 Å². The van der Waals surface area contributed by atoms with Gasteiger partial charge in [-0.2, -0.15) is 5.10 Å². The van der Waals surface area contributed by atoms with Gasteiger partial charge >= 0.3 is 0 Å². The third kappa shape index (κ3) is 3.44. The molecule has 0 saturated carbocycles. The average Bonchev–Trinajstić information content (AvgIpc) is 2.86. The predicted molar refractivity (Wildman–Crippen MR) is 78.9 cm³/mol. The Kier molecular flexibility index (Phi) is 4.74. The highest BCUT2D eigenvalue weighted by Crippen LogP contribution is 2.18. The zero-order valence-corrected chi connectivity index (χ0v) is 12.1. The van der Waals surface area contributed by atoms with Gasteiger partial charge in [0, 0.05) is 25.8 Å². The molecule has 1 N–H and O–H groups in total. The van der Waals surface area contributed by atoms with E-state index < -0.39 is 0 Å². The number of hydrogen-bond acceptors (Lipinski definition) is 2. The molecular formula is C16H23N3. The van der Waals surface area contributed by atoms with E-state index in [2.05, 4.69) is 54.6 Å². The first-order chi connectivity index (χ1) is 9.24. The molecule has 3 nitrogen and oxygen atoms in total. The number of nitrogens with one attached hydrogen (secondary N) is 1. The van der Waals surface area contributed by atoms with Crippen LogP contribution < -0.4 is 5.32 Å². The first-order valence-corrected chi connectivity index (χ1v) is 7.03. The molecule has 0 spiro atoms. The highest BCUT2D eigenvalue weighted by molar-refractivity contribution is 5.25. The maximum Gasteiger partial charge on any atom is 0.0518 e. The van der Waals surface area contributed by atoms with Gasteiger partial charge in [-0.15, -0.1) is 0 Å². The molecule has 3 heteroatoms. The van der Waals surface area contributed by atoms with Gasteiger partial charge in [0.1, 0.15) is 0 Å². The first-order valence-electron chi connectivity index (χ1n) is 7.03. The Bertz CT molecular complexity index is 499. The quantitative estimate of drug-likeness (QED) is 0.861. The lowest BCUT2D eigenvalue weighted by molar-refractivity contribution is 0.503. The second-order valence-corrected chi connectivity index (χ2v) is 4.88. The summed E-state index contributed by atoms with van der Waals surface area (Å²) >= 11 is 0. The molecule has 0 aliphatic rings. The van der Waals surface area contributed by atoms with Gasteiger partial charge in [-0.1, -0.05) is 38.1 Å².